The lowest BCUT2D eigenvalue weighted by molar-refractivity contribution is 0.310. The molecule has 4 rings (SSSR count). The highest BCUT2D eigenvalue weighted by molar-refractivity contribution is 5.86. The maximum absolute atomic E-state index is 6.06. The van der Waals surface area contributed by atoms with E-state index in [-0.39, 0.29) is 0 Å². The lowest BCUT2D eigenvalue weighted by atomic mass is 10.2. The minimum atomic E-state index is 0.587. The molecule has 0 fully saturated rings. The quantitative estimate of drug-likeness (QED) is 0.489. The molecule has 0 atom stereocenters. The van der Waals surface area contributed by atoms with Crippen molar-refractivity contribution in [2.24, 2.45) is 0 Å². The first-order valence-electron chi connectivity index (χ1n) is 8.19. The second-order valence-corrected chi connectivity index (χ2v) is 5.89. The molecule has 0 spiro atoms. The number of hydrogen-bond donors (Lipinski definition) is 0. The summed E-state index contributed by atoms with van der Waals surface area (Å²) in [6.07, 6.45) is 2.13. The van der Waals surface area contributed by atoms with Crippen molar-refractivity contribution in [2.75, 3.05) is 0 Å². The van der Waals surface area contributed by atoms with Crippen LogP contribution in [0.2, 0.25) is 0 Å². The van der Waals surface area contributed by atoms with Gasteiger partial charge < -0.3 is 9.30 Å². The Hall–Kier alpha value is -3.00. The molecular weight excluding hydrogens is 294 g/mol. The summed E-state index contributed by atoms with van der Waals surface area (Å²) >= 11 is 0. The van der Waals surface area contributed by atoms with Gasteiger partial charge in [0, 0.05) is 18.1 Å². The van der Waals surface area contributed by atoms with Crippen molar-refractivity contribution in [3.8, 4) is 5.75 Å². The molecule has 0 saturated heterocycles. The van der Waals surface area contributed by atoms with Gasteiger partial charge >= 0.3 is 0 Å². The summed E-state index contributed by atoms with van der Waals surface area (Å²) in [6, 6.07) is 29.2. The van der Waals surface area contributed by atoms with Crippen LogP contribution in [0.1, 0.15) is 11.1 Å². The van der Waals surface area contributed by atoms with E-state index in [1.807, 2.05) is 30.3 Å². The average Bonchev–Trinajstić information content (AvgIpc) is 3.05. The van der Waals surface area contributed by atoms with Crippen molar-refractivity contribution >= 4 is 10.9 Å². The molecular formula is C22H19NO. The third-order valence-corrected chi connectivity index (χ3v) is 4.21. The van der Waals surface area contributed by atoms with E-state index >= 15 is 0 Å². The second-order valence-electron chi connectivity index (χ2n) is 5.89. The Morgan fingerprint density at radius 2 is 1.38 bits per heavy atom. The Kier molecular flexibility index (Phi) is 4.03. The average molecular weight is 313 g/mol. The molecule has 4 aromatic rings. The summed E-state index contributed by atoms with van der Waals surface area (Å²) in [5.74, 6) is 0.933. The molecule has 0 aliphatic carbocycles. The molecule has 0 aliphatic heterocycles. The molecule has 1 heterocycles. The Morgan fingerprint density at radius 1 is 0.667 bits per heavy atom. The monoisotopic (exact) mass is 313 g/mol. The van der Waals surface area contributed by atoms with Crippen LogP contribution in [0, 0.1) is 0 Å². The molecule has 0 N–H and O–H groups in total. The summed E-state index contributed by atoms with van der Waals surface area (Å²) < 4.78 is 8.32. The highest BCUT2D eigenvalue weighted by Gasteiger charge is 2.07. The lowest BCUT2D eigenvalue weighted by Gasteiger charge is -2.09. The molecule has 1 aromatic heterocycles. The molecule has 2 heteroatoms. The minimum Gasteiger partial charge on any atom is -0.488 e. The van der Waals surface area contributed by atoms with Gasteiger partial charge in [0.1, 0.15) is 12.4 Å². The smallest absolute Gasteiger partial charge is 0.129 e. The van der Waals surface area contributed by atoms with Crippen LogP contribution < -0.4 is 4.74 Å². The van der Waals surface area contributed by atoms with Gasteiger partial charge in [-0.3, -0.25) is 0 Å². The van der Waals surface area contributed by atoms with E-state index < -0.39 is 0 Å². The molecule has 118 valence electrons. The summed E-state index contributed by atoms with van der Waals surface area (Å²) in [4.78, 5) is 0. The van der Waals surface area contributed by atoms with E-state index in [4.69, 9.17) is 4.74 Å². The first-order chi connectivity index (χ1) is 11.9. The van der Waals surface area contributed by atoms with E-state index in [0.29, 0.717) is 6.61 Å². The van der Waals surface area contributed by atoms with Crippen molar-refractivity contribution in [1.29, 1.82) is 0 Å². The van der Waals surface area contributed by atoms with Crippen LogP contribution in [0.5, 0.6) is 5.75 Å². The van der Waals surface area contributed by atoms with E-state index in [2.05, 4.69) is 65.4 Å². The molecule has 0 aliphatic rings. The highest BCUT2D eigenvalue weighted by Crippen LogP contribution is 2.27. The molecule has 0 radical (unpaired) electrons. The van der Waals surface area contributed by atoms with Crippen LogP contribution >= 0.6 is 0 Å². The third kappa shape index (κ3) is 3.04. The van der Waals surface area contributed by atoms with Gasteiger partial charge in [-0.05, 0) is 29.3 Å². The van der Waals surface area contributed by atoms with Gasteiger partial charge in [0.25, 0.3) is 0 Å². The van der Waals surface area contributed by atoms with Crippen molar-refractivity contribution < 1.29 is 4.74 Å². The van der Waals surface area contributed by atoms with Crippen LogP contribution in [0.4, 0.5) is 0 Å². The molecule has 24 heavy (non-hydrogen) atoms. The molecule has 0 amide bonds. The summed E-state index contributed by atoms with van der Waals surface area (Å²) in [5, 5.41) is 1.16. The van der Waals surface area contributed by atoms with Gasteiger partial charge in [0.05, 0.1) is 5.52 Å². The zero-order valence-corrected chi connectivity index (χ0v) is 13.4. The van der Waals surface area contributed by atoms with Gasteiger partial charge in [-0.2, -0.15) is 0 Å². The summed E-state index contributed by atoms with van der Waals surface area (Å²) in [5.41, 5.74) is 3.67. The maximum atomic E-state index is 6.06. The van der Waals surface area contributed by atoms with Crippen LogP contribution in [0.15, 0.2) is 91.1 Å². The first kappa shape index (κ1) is 14.6. The third-order valence-electron chi connectivity index (χ3n) is 4.21. The number of aromatic nitrogens is 1. The zero-order chi connectivity index (χ0) is 16.2. The summed E-state index contributed by atoms with van der Waals surface area (Å²) in [7, 11) is 0. The fourth-order valence-corrected chi connectivity index (χ4v) is 2.97. The predicted molar refractivity (Wildman–Crippen MR) is 98.3 cm³/mol. The van der Waals surface area contributed by atoms with Gasteiger partial charge in [0.2, 0.25) is 0 Å². The summed E-state index contributed by atoms with van der Waals surface area (Å²) in [6.45, 7) is 1.45. The van der Waals surface area contributed by atoms with Crippen LogP contribution in [-0.2, 0) is 13.2 Å². The molecule has 3 aromatic carbocycles. The highest BCUT2D eigenvalue weighted by atomic mass is 16.5. The van der Waals surface area contributed by atoms with Crippen molar-refractivity contribution in [3.63, 3.8) is 0 Å². The van der Waals surface area contributed by atoms with Gasteiger partial charge in [-0.15, -0.1) is 0 Å². The number of nitrogens with zero attached hydrogens (tertiary/aromatic N) is 1. The number of hydrogen-bond acceptors (Lipinski definition) is 1. The number of rotatable bonds is 5. The normalized spacial score (nSPS) is 10.8. The number of ether oxygens (including phenoxy) is 1. The largest absolute Gasteiger partial charge is 0.488 e. The molecule has 0 unspecified atom stereocenters. The minimum absolute atomic E-state index is 0.587. The van der Waals surface area contributed by atoms with Crippen LogP contribution in [0.25, 0.3) is 10.9 Å². The van der Waals surface area contributed by atoms with E-state index in [1.54, 1.807) is 0 Å². The second kappa shape index (κ2) is 6.63. The maximum Gasteiger partial charge on any atom is 0.129 e. The SMILES string of the molecule is c1ccc(COc2cccc3c2ccn3Cc2ccccc2)cc1. The standard InChI is InChI=1S/C22H19NO/c1-3-8-18(9-4-1)16-23-15-14-20-21(23)12-7-13-22(20)24-17-19-10-5-2-6-11-19/h1-15H,16-17H2. The first-order valence-corrected chi connectivity index (χ1v) is 8.19. The zero-order valence-electron chi connectivity index (χ0n) is 13.4. The number of fused-ring (bicyclic) bond motifs is 1. The fraction of sp³-hybridized carbons (Fsp3) is 0.0909. The fourth-order valence-electron chi connectivity index (χ4n) is 2.97. The Morgan fingerprint density at radius 3 is 2.12 bits per heavy atom. The van der Waals surface area contributed by atoms with Crippen molar-refractivity contribution in [3.05, 3.63) is 102 Å². The topological polar surface area (TPSA) is 14.2 Å². The molecule has 0 bridgehead atoms. The lowest BCUT2D eigenvalue weighted by Crippen LogP contribution is -1.98. The van der Waals surface area contributed by atoms with Crippen LogP contribution in [-0.4, -0.2) is 4.57 Å². The van der Waals surface area contributed by atoms with Gasteiger partial charge in [0.15, 0.2) is 0 Å². The van der Waals surface area contributed by atoms with Gasteiger partial charge in [-0.25, -0.2) is 0 Å². The molecule has 0 saturated carbocycles. The van der Waals surface area contributed by atoms with Crippen LogP contribution in [0.3, 0.4) is 0 Å². The predicted octanol–water partition coefficient (Wildman–Crippen LogP) is 5.27. The van der Waals surface area contributed by atoms with E-state index in [9.17, 15) is 0 Å². The van der Waals surface area contributed by atoms with E-state index in [0.717, 1.165) is 17.7 Å². The Bertz CT molecular complexity index is 926. The Balaban J connectivity index is 1.59. The van der Waals surface area contributed by atoms with Gasteiger partial charge in [-0.1, -0.05) is 66.7 Å². The molecule has 2 nitrogen and oxygen atoms in total. The van der Waals surface area contributed by atoms with Crippen molar-refractivity contribution in [2.45, 2.75) is 13.2 Å². The van der Waals surface area contributed by atoms with Crippen molar-refractivity contribution in [1.82, 2.24) is 4.57 Å². The van der Waals surface area contributed by atoms with E-state index in [1.165, 1.54) is 16.6 Å². The Labute approximate surface area is 141 Å². The number of benzene rings is 3.